The number of aromatic nitrogens is 1. The molecule has 1 N–H and O–H groups in total. The number of pyridine rings is 1. The Kier molecular flexibility index (Phi) is 4.32. The molecule has 25 heavy (non-hydrogen) atoms. The van der Waals surface area contributed by atoms with Crippen molar-refractivity contribution in [2.24, 2.45) is 0 Å². The van der Waals surface area contributed by atoms with Crippen LogP contribution in [-0.4, -0.2) is 46.7 Å². The zero-order valence-electron chi connectivity index (χ0n) is 13.7. The van der Waals surface area contributed by atoms with E-state index in [0.29, 0.717) is 11.9 Å². The number of ether oxygens (including phenoxy) is 1. The molecule has 1 aliphatic heterocycles. The lowest BCUT2D eigenvalue weighted by molar-refractivity contribution is -0.142. The van der Waals surface area contributed by atoms with Crippen molar-refractivity contribution in [1.82, 2.24) is 9.88 Å². The number of alkyl halides is 3. The maximum absolute atomic E-state index is 13.1. The molecule has 0 bridgehead atoms. The van der Waals surface area contributed by atoms with Gasteiger partial charge in [0.25, 0.3) is 0 Å². The number of benzene rings is 1. The minimum Gasteiger partial charge on any atom is -0.488 e. The van der Waals surface area contributed by atoms with Crippen molar-refractivity contribution in [2.75, 3.05) is 13.6 Å². The first-order valence-electron chi connectivity index (χ1n) is 7.73. The van der Waals surface area contributed by atoms with Crippen LogP contribution < -0.4 is 4.74 Å². The topological polar surface area (TPSA) is 62.7 Å². The molecule has 0 unspecified atom stereocenters. The minimum atomic E-state index is -4.59. The standard InChI is InChI=1S/C17H17F3N2O3/c1-9-3-4-12-11(5-9)14(7-15(21-12)17(18,19)20)25-10-6-13(16(23)24)22(2)8-10/h3-5,7,10,13H,6,8H2,1-2H3,(H,23,24)/t10-,13+/m1/s1. The summed E-state index contributed by atoms with van der Waals surface area (Å²) in [6.45, 7) is 2.15. The lowest BCUT2D eigenvalue weighted by Gasteiger charge is -2.17. The van der Waals surface area contributed by atoms with Crippen LogP contribution in [0.4, 0.5) is 13.2 Å². The largest absolute Gasteiger partial charge is 0.488 e. The molecular weight excluding hydrogens is 337 g/mol. The van der Waals surface area contributed by atoms with E-state index in [9.17, 15) is 23.1 Å². The second kappa shape index (κ2) is 6.18. The number of aryl methyl sites for hydroxylation is 1. The Labute approximate surface area is 142 Å². The fraction of sp³-hybridized carbons (Fsp3) is 0.412. The number of rotatable bonds is 3. The normalized spacial score (nSPS) is 21.6. The van der Waals surface area contributed by atoms with Crippen LogP contribution >= 0.6 is 0 Å². The highest BCUT2D eigenvalue weighted by Gasteiger charge is 2.37. The molecule has 0 aliphatic carbocycles. The highest BCUT2D eigenvalue weighted by atomic mass is 19.4. The zero-order chi connectivity index (χ0) is 18.4. The van der Waals surface area contributed by atoms with Gasteiger partial charge in [0, 0.05) is 24.4 Å². The van der Waals surface area contributed by atoms with Crippen LogP contribution in [0.1, 0.15) is 17.7 Å². The number of halogens is 3. The number of likely N-dealkylation sites (N-methyl/N-ethyl adjacent to an activating group) is 1. The minimum absolute atomic E-state index is 0.0745. The molecule has 1 aliphatic rings. The molecule has 0 spiro atoms. The van der Waals surface area contributed by atoms with Crippen LogP contribution in [0.25, 0.3) is 10.9 Å². The van der Waals surface area contributed by atoms with E-state index in [0.717, 1.165) is 11.6 Å². The monoisotopic (exact) mass is 354 g/mol. The molecule has 134 valence electrons. The first kappa shape index (κ1) is 17.5. The Morgan fingerprint density at radius 3 is 2.68 bits per heavy atom. The summed E-state index contributed by atoms with van der Waals surface area (Å²) in [6, 6.07) is 5.10. The van der Waals surface area contributed by atoms with Crippen molar-refractivity contribution in [3.05, 3.63) is 35.5 Å². The summed E-state index contributed by atoms with van der Waals surface area (Å²) in [5.41, 5.74) is 0.0300. The average Bonchev–Trinajstić information content (AvgIpc) is 2.87. The van der Waals surface area contributed by atoms with Gasteiger partial charge in [-0.1, -0.05) is 11.6 Å². The zero-order valence-corrected chi connectivity index (χ0v) is 13.7. The Bertz CT molecular complexity index is 823. The Morgan fingerprint density at radius 1 is 1.36 bits per heavy atom. The van der Waals surface area contributed by atoms with Gasteiger partial charge >= 0.3 is 12.1 Å². The number of nitrogens with zero attached hydrogens (tertiary/aromatic N) is 2. The molecule has 0 radical (unpaired) electrons. The van der Waals surface area contributed by atoms with Gasteiger partial charge in [0.05, 0.1) is 5.52 Å². The Balaban J connectivity index is 1.99. The molecule has 8 heteroatoms. The predicted octanol–water partition coefficient (Wildman–Crippen LogP) is 3.10. The van der Waals surface area contributed by atoms with E-state index in [4.69, 9.17) is 4.74 Å². The highest BCUT2D eigenvalue weighted by Crippen LogP contribution is 2.35. The summed E-state index contributed by atoms with van der Waals surface area (Å²) >= 11 is 0. The summed E-state index contributed by atoms with van der Waals surface area (Å²) in [6.07, 6.45) is -4.88. The van der Waals surface area contributed by atoms with Crippen molar-refractivity contribution in [2.45, 2.75) is 31.7 Å². The third kappa shape index (κ3) is 3.53. The lowest BCUT2D eigenvalue weighted by atomic mass is 10.1. The molecule has 0 saturated carbocycles. The second-order valence-corrected chi connectivity index (χ2v) is 6.29. The van der Waals surface area contributed by atoms with E-state index in [1.807, 2.05) is 6.92 Å². The molecule has 2 aromatic rings. The van der Waals surface area contributed by atoms with E-state index in [2.05, 4.69) is 4.98 Å². The quantitative estimate of drug-likeness (QED) is 0.918. The van der Waals surface area contributed by atoms with Crippen molar-refractivity contribution in [1.29, 1.82) is 0 Å². The summed E-state index contributed by atoms with van der Waals surface area (Å²) in [7, 11) is 1.65. The van der Waals surface area contributed by atoms with Gasteiger partial charge in [0.2, 0.25) is 0 Å². The Hall–Kier alpha value is -2.35. The van der Waals surface area contributed by atoms with Gasteiger partial charge in [-0.05, 0) is 26.1 Å². The van der Waals surface area contributed by atoms with Crippen LogP contribution in [0.3, 0.4) is 0 Å². The molecule has 5 nitrogen and oxygen atoms in total. The molecule has 1 fully saturated rings. The number of hydrogen-bond donors (Lipinski definition) is 1. The molecule has 1 saturated heterocycles. The van der Waals surface area contributed by atoms with Crippen molar-refractivity contribution < 1.29 is 27.8 Å². The van der Waals surface area contributed by atoms with E-state index < -0.39 is 30.0 Å². The SMILES string of the molecule is Cc1ccc2nc(C(F)(F)F)cc(O[C@@H]3C[C@@H](C(=O)O)N(C)C3)c2c1. The van der Waals surface area contributed by atoms with Crippen molar-refractivity contribution in [3.63, 3.8) is 0 Å². The van der Waals surface area contributed by atoms with Gasteiger partial charge in [-0.15, -0.1) is 0 Å². The van der Waals surface area contributed by atoms with Crippen LogP contribution in [0, 0.1) is 6.92 Å². The second-order valence-electron chi connectivity index (χ2n) is 6.29. The summed E-state index contributed by atoms with van der Waals surface area (Å²) in [5, 5.41) is 9.65. The molecule has 0 amide bonds. The van der Waals surface area contributed by atoms with Crippen molar-refractivity contribution >= 4 is 16.9 Å². The fourth-order valence-electron chi connectivity index (χ4n) is 3.06. The number of likely N-dealkylation sites (tertiary alicyclic amines) is 1. The molecule has 1 aromatic carbocycles. The summed E-state index contributed by atoms with van der Waals surface area (Å²) < 4.78 is 45.1. The van der Waals surface area contributed by atoms with Crippen LogP contribution in [0.5, 0.6) is 5.75 Å². The van der Waals surface area contributed by atoms with Crippen LogP contribution in [0.15, 0.2) is 24.3 Å². The van der Waals surface area contributed by atoms with Gasteiger partial charge < -0.3 is 9.84 Å². The third-order valence-electron chi connectivity index (χ3n) is 4.31. The van der Waals surface area contributed by atoms with Gasteiger partial charge in [-0.25, -0.2) is 4.98 Å². The van der Waals surface area contributed by atoms with Gasteiger partial charge in [0.15, 0.2) is 0 Å². The number of hydrogen-bond acceptors (Lipinski definition) is 4. The summed E-state index contributed by atoms with van der Waals surface area (Å²) in [5.74, 6) is -0.898. The van der Waals surface area contributed by atoms with E-state index in [1.54, 1.807) is 24.1 Å². The average molecular weight is 354 g/mol. The molecule has 3 rings (SSSR count). The fourth-order valence-corrected chi connectivity index (χ4v) is 3.06. The third-order valence-corrected chi connectivity index (χ3v) is 4.31. The van der Waals surface area contributed by atoms with Crippen molar-refractivity contribution in [3.8, 4) is 5.75 Å². The van der Waals surface area contributed by atoms with E-state index >= 15 is 0 Å². The number of carboxylic acid groups (broad SMARTS) is 1. The number of carboxylic acids is 1. The molecule has 2 atom stereocenters. The highest BCUT2D eigenvalue weighted by molar-refractivity contribution is 5.86. The smallest absolute Gasteiger partial charge is 0.433 e. The van der Waals surface area contributed by atoms with Gasteiger partial charge in [-0.3, -0.25) is 9.69 Å². The van der Waals surface area contributed by atoms with Gasteiger partial charge in [0.1, 0.15) is 23.6 Å². The number of fused-ring (bicyclic) bond motifs is 1. The maximum Gasteiger partial charge on any atom is 0.433 e. The molecule has 2 heterocycles. The van der Waals surface area contributed by atoms with Gasteiger partial charge in [-0.2, -0.15) is 13.2 Å². The predicted molar refractivity (Wildman–Crippen MR) is 84.6 cm³/mol. The molecule has 1 aromatic heterocycles. The number of aliphatic carboxylic acids is 1. The van der Waals surface area contributed by atoms with E-state index in [-0.39, 0.29) is 17.7 Å². The summed E-state index contributed by atoms with van der Waals surface area (Å²) in [4.78, 5) is 16.5. The lowest BCUT2D eigenvalue weighted by Crippen LogP contribution is -2.32. The molecular formula is C17H17F3N2O3. The number of carbonyl (C=O) groups is 1. The van der Waals surface area contributed by atoms with Crippen LogP contribution in [-0.2, 0) is 11.0 Å². The first-order chi connectivity index (χ1) is 11.6. The maximum atomic E-state index is 13.1. The Morgan fingerprint density at radius 2 is 2.08 bits per heavy atom. The first-order valence-corrected chi connectivity index (χ1v) is 7.73. The van der Waals surface area contributed by atoms with E-state index in [1.165, 1.54) is 6.07 Å². The van der Waals surface area contributed by atoms with Crippen LogP contribution in [0.2, 0.25) is 0 Å².